The molecule has 0 unspecified atom stereocenters. The van der Waals surface area contributed by atoms with E-state index >= 15 is 4.79 Å². The van der Waals surface area contributed by atoms with E-state index in [0.29, 0.717) is 78.5 Å². The molecular weight excluding hydrogens is 776 g/mol. The van der Waals surface area contributed by atoms with Gasteiger partial charge in [-0.3, -0.25) is 14.5 Å². The molecule has 14 heteroatoms. The molecule has 5 aromatic rings. The number of alkyl halides is 3. The summed E-state index contributed by atoms with van der Waals surface area (Å²) in [4.78, 5) is 50.0. The molecule has 60 heavy (non-hydrogen) atoms. The third-order valence-corrected chi connectivity index (χ3v) is 12.0. The number of carbonyl (C=O) groups is 3. The first-order valence-electron chi connectivity index (χ1n) is 20.0. The second-order valence-electron chi connectivity index (χ2n) is 15.6. The summed E-state index contributed by atoms with van der Waals surface area (Å²) in [6.07, 6.45) is -4.63. The van der Waals surface area contributed by atoms with Gasteiger partial charge < -0.3 is 33.8 Å². The van der Waals surface area contributed by atoms with Crippen molar-refractivity contribution in [3.05, 3.63) is 136 Å². The first-order valence-corrected chi connectivity index (χ1v) is 20.0. The monoisotopic (exact) mass is 821 g/mol. The summed E-state index contributed by atoms with van der Waals surface area (Å²) in [5.74, 6) is -0.986. The van der Waals surface area contributed by atoms with E-state index < -0.39 is 23.6 Å². The molecule has 8 rings (SSSR count). The van der Waals surface area contributed by atoms with Crippen molar-refractivity contribution in [2.24, 2.45) is 7.05 Å². The number of phenolic OH excluding ortho intramolecular Hbond substituents is 1. The van der Waals surface area contributed by atoms with Gasteiger partial charge in [0.1, 0.15) is 11.5 Å². The van der Waals surface area contributed by atoms with Crippen LogP contribution in [-0.4, -0.2) is 94.8 Å². The second-order valence-corrected chi connectivity index (χ2v) is 15.6. The number of para-hydroxylation sites is 1. The molecule has 4 heterocycles. The Kier molecular flexibility index (Phi) is 11.2. The lowest BCUT2D eigenvalue weighted by atomic mass is 9.89. The Balaban J connectivity index is 1.18. The number of fused-ring (bicyclic) bond motifs is 2. The van der Waals surface area contributed by atoms with Crippen molar-refractivity contribution in [3.63, 3.8) is 0 Å². The largest absolute Gasteiger partial charge is 0.508 e. The fraction of sp³-hybridized carbons (Fsp3) is 0.326. The maximum Gasteiger partial charge on any atom is 0.419 e. The number of rotatable bonds is 7. The second kappa shape index (κ2) is 16.5. The number of morpholine rings is 1. The number of nitrogens with zero attached hydrogens (tertiary/aromatic N) is 5. The van der Waals surface area contributed by atoms with Crippen LogP contribution >= 0.6 is 0 Å². The number of ether oxygens (including phenoxy) is 2. The van der Waals surface area contributed by atoms with Gasteiger partial charge in [0.15, 0.2) is 0 Å². The van der Waals surface area contributed by atoms with Crippen molar-refractivity contribution >= 4 is 23.6 Å². The lowest BCUT2D eigenvalue weighted by Gasteiger charge is -2.41. The van der Waals surface area contributed by atoms with Crippen LogP contribution in [0.3, 0.4) is 0 Å². The van der Waals surface area contributed by atoms with Gasteiger partial charge in [-0.25, -0.2) is 4.79 Å². The fourth-order valence-electron chi connectivity index (χ4n) is 8.48. The molecule has 1 N–H and O–H groups in total. The van der Waals surface area contributed by atoms with Crippen LogP contribution in [0.2, 0.25) is 0 Å². The number of halogens is 3. The number of carbonyl (C=O) groups excluding carboxylic acids is 3. The third-order valence-electron chi connectivity index (χ3n) is 12.0. The van der Waals surface area contributed by atoms with E-state index in [-0.39, 0.29) is 36.7 Å². The van der Waals surface area contributed by atoms with Crippen LogP contribution in [0.15, 0.2) is 91.0 Å². The third kappa shape index (κ3) is 8.09. The molecule has 0 bridgehead atoms. The zero-order chi connectivity index (χ0) is 42.3. The normalized spacial score (nSPS) is 16.9. The Morgan fingerprint density at radius 2 is 1.55 bits per heavy atom. The Morgan fingerprint density at radius 3 is 2.28 bits per heavy atom. The number of amides is 3. The van der Waals surface area contributed by atoms with Crippen molar-refractivity contribution in [3.8, 4) is 22.8 Å². The first kappa shape index (κ1) is 40.7. The molecule has 1 fully saturated rings. The minimum Gasteiger partial charge on any atom is -0.508 e. The quantitative estimate of drug-likeness (QED) is 0.182. The van der Waals surface area contributed by atoms with E-state index in [4.69, 9.17) is 9.47 Å². The number of aromatic nitrogens is 1. The van der Waals surface area contributed by atoms with Crippen molar-refractivity contribution in [2.45, 2.75) is 45.1 Å². The van der Waals surface area contributed by atoms with Crippen molar-refractivity contribution in [2.75, 3.05) is 51.3 Å². The number of anilines is 1. The van der Waals surface area contributed by atoms with E-state index in [1.165, 1.54) is 39.6 Å². The van der Waals surface area contributed by atoms with Crippen LogP contribution in [0.25, 0.3) is 11.3 Å². The van der Waals surface area contributed by atoms with Gasteiger partial charge in [0.25, 0.3) is 11.8 Å². The summed E-state index contributed by atoms with van der Waals surface area (Å²) in [7, 11) is 3.51. The lowest BCUT2D eigenvalue weighted by Crippen LogP contribution is -2.52. The van der Waals surface area contributed by atoms with Crippen molar-refractivity contribution in [1.82, 2.24) is 19.3 Å². The average molecular weight is 822 g/mol. The molecule has 3 amide bonds. The Morgan fingerprint density at radius 1 is 0.850 bits per heavy atom. The summed E-state index contributed by atoms with van der Waals surface area (Å²) >= 11 is 0. The van der Waals surface area contributed by atoms with Crippen LogP contribution in [-0.2, 0) is 43.9 Å². The average Bonchev–Trinajstić information content (AvgIpc) is 3.55. The molecule has 0 spiro atoms. The zero-order valence-corrected chi connectivity index (χ0v) is 33.7. The van der Waals surface area contributed by atoms with Gasteiger partial charge in [0, 0.05) is 87.6 Å². The van der Waals surface area contributed by atoms with Crippen LogP contribution in [0.1, 0.15) is 54.2 Å². The highest BCUT2D eigenvalue weighted by Crippen LogP contribution is 2.38. The molecule has 0 aliphatic carbocycles. The molecule has 11 nitrogen and oxygen atoms in total. The molecule has 3 aliphatic rings. The summed E-state index contributed by atoms with van der Waals surface area (Å²) in [5.41, 5.74) is 6.08. The van der Waals surface area contributed by atoms with Gasteiger partial charge in [-0.05, 0) is 96.6 Å². The number of phenols is 1. The van der Waals surface area contributed by atoms with E-state index in [0.717, 1.165) is 36.3 Å². The zero-order valence-electron chi connectivity index (χ0n) is 33.7. The number of benzene rings is 4. The summed E-state index contributed by atoms with van der Waals surface area (Å²) in [6.45, 7) is 5.79. The summed E-state index contributed by atoms with van der Waals surface area (Å²) in [5, 5.41) is 9.83. The Labute approximate surface area is 346 Å². The SMILES string of the molecule is Cc1c(C(=O)N(C)c2ccc(O)cc2)cc(-c2cc3c(cc2C(=O)N2Cc4ccccc4C[C@H]2CN2CCOCC2)CN(C(=O)Oc2ccccc2C(F)(F)F)CC3)n1C. The molecule has 1 atom stereocenters. The van der Waals surface area contributed by atoms with Crippen LogP contribution in [0.4, 0.5) is 23.7 Å². The molecule has 1 aromatic heterocycles. The first-order chi connectivity index (χ1) is 28.8. The van der Waals surface area contributed by atoms with Gasteiger partial charge in [-0.15, -0.1) is 0 Å². The predicted octanol–water partition coefficient (Wildman–Crippen LogP) is 7.46. The molecule has 312 valence electrons. The van der Waals surface area contributed by atoms with Gasteiger partial charge in [0.2, 0.25) is 0 Å². The lowest BCUT2D eigenvalue weighted by molar-refractivity contribution is -0.138. The van der Waals surface area contributed by atoms with E-state index in [9.17, 15) is 27.9 Å². The van der Waals surface area contributed by atoms with Gasteiger partial charge in [-0.1, -0.05) is 36.4 Å². The minimum absolute atomic E-state index is 0.0102. The highest BCUT2D eigenvalue weighted by Gasteiger charge is 2.37. The summed E-state index contributed by atoms with van der Waals surface area (Å²) < 4.78 is 54.2. The highest BCUT2D eigenvalue weighted by molar-refractivity contribution is 6.08. The van der Waals surface area contributed by atoms with Crippen molar-refractivity contribution in [1.29, 1.82) is 0 Å². The number of aromatic hydroxyl groups is 1. The number of hydrogen-bond acceptors (Lipinski definition) is 7. The molecule has 0 saturated carbocycles. The van der Waals surface area contributed by atoms with Gasteiger partial charge >= 0.3 is 12.3 Å². The van der Waals surface area contributed by atoms with Crippen molar-refractivity contribution < 1.29 is 42.1 Å². The Bertz CT molecular complexity index is 2440. The highest BCUT2D eigenvalue weighted by atomic mass is 19.4. The maximum atomic E-state index is 15.4. The van der Waals surface area contributed by atoms with Gasteiger partial charge in [-0.2, -0.15) is 13.2 Å². The predicted molar refractivity (Wildman–Crippen MR) is 219 cm³/mol. The molecule has 4 aromatic carbocycles. The molecule has 0 radical (unpaired) electrons. The van der Waals surface area contributed by atoms with E-state index in [2.05, 4.69) is 11.0 Å². The molecule has 1 saturated heterocycles. The van der Waals surface area contributed by atoms with Gasteiger partial charge in [0.05, 0.1) is 24.3 Å². The van der Waals surface area contributed by atoms with E-state index in [1.807, 2.05) is 47.7 Å². The number of hydrogen-bond donors (Lipinski definition) is 1. The van der Waals surface area contributed by atoms with Crippen LogP contribution < -0.4 is 9.64 Å². The summed E-state index contributed by atoms with van der Waals surface area (Å²) in [6, 6.07) is 24.5. The topological polar surface area (TPSA) is 108 Å². The van der Waals surface area contributed by atoms with Crippen LogP contribution in [0, 0.1) is 6.92 Å². The smallest absolute Gasteiger partial charge is 0.419 e. The molecule has 3 aliphatic heterocycles. The maximum absolute atomic E-state index is 15.4. The van der Waals surface area contributed by atoms with E-state index in [1.54, 1.807) is 31.3 Å². The fourth-order valence-corrected chi connectivity index (χ4v) is 8.48. The van der Waals surface area contributed by atoms with Crippen LogP contribution in [0.5, 0.6) is 11.5 Å². The standard InChI is InChI=1S/C46H46F3N5O6/c1-29-37(43(56)51(3)34-12-14-36(55)15-13-34)25-41(50(29)2)38-23-31-16-17-53(45(58)60-42-11-7-6-10-40(42)46(47,48)49)26-33(31)24-39(38)44(57)54-27-32-9-5-4-8-30(32)22-35(54)28-52-18-20-59-21-19-52/h4-15,23-25,35,55H,16-22,26-28H2,1-3H3/t35-/m0/s1. The molecular formula is C46H46F3N5O6. The Hall–Kier alpha value is -6.12. The minimum atomic E-state index is -4.72.